The number of nitrogens with one attached hydrogen (secondary N) is 1. The zero-order valence-electron chi connectivity index (χ0n) is 27.7. The number of morpholine rings is 1. The van der Waals surface area contributed by atoms with Crippen LogP contribution in [0.1, 0.15) is 44.3 Å². The minimum Gasteiger partial charge on any atom is -0.487 e. The van der Waals surface area contributed by atoms with Crippen molar-refractivity contribution in [3.63, 3.8) is 0 Å². The summed E-state index contributed by atoms with van der Waals surface area (Å²) in [6.45, 7) is 6.56. The van der Waals surface area contributed by atoms with Gasteiger partial charge in [0.1, 0.15) is 23.9 Å². The summed E-state index contributed by atoms with van der Waals surface area (Å²) < 4.78 is 23.4. The largest absolute Gasteiger partial charge is 0.487 e. The van der Waals surface area contributed by atoms with E-state index in [4.69, 9.17) is 30.9 Å². The van der Waals surface area contributed by atoms with Crippen molar-refractivity contribution in [2.24, 2.45) is 7.05 Å². The molecule has 0 radical (unpaired) electrons. The Kier molecular flexibility index (Phi) is 10.3. The maximum atomic E-state index is 6.47. The van der Waals surface area contributed by atoms with Crippen molar-refractivity contribution in [1.29, 1.82) is 0 Å². The van der Waals surface area contributed by atoms with Gasteiger partial charge in [0.15, 0.2) is 0 Å². The number of halogens is 1. The lowest BCUT2D eigenvalue weighted by Gasteiger charge is -2.38. The molecule has 1 aromatic carbocycles. The number of ether oxygens (including phenoxy) is 3. The molecule has 16 heteroatoms. The van der Waals surface area contributed by atoms with E-state index in [0.29, 0.717) is 54.3 Å². The SMILES string of the molecule is C[C@@H](Cn1cnnn1)Oc1cc(-c2cnc(Nc3cn(C4CCC(N5CCOCC5)CC4)nc3OCCc3ccn(C)n3)nc2)ccc1Cl. The van der Waals surface area contributed by atoms with Gasteiger partial charge in [-0.15, -0.1) is 10.2 Å². The van der Waals surface area contributed by atoms with Crippen molar-refractivity contribution in [3.05, 3.63) is 66.1 Å². The maximum Gasteiger partial charge on any atom is 0.256 e. The molecule has 15 nitrogen and oxygen atoms in total. The molecule has 2 aliphatic rings. The number of tetrazole rings is 1. The van der Waals surface area contributed by atoms with E-state index in [1.54, 1.807) is 34.2 Å². The van der Waals surface area contributed by atoms with Crippen molar-refractivity contribution < 1.29 is 14.2 Å². The molecule has 1 aliphatic carbocycles. The molecule has 4 aromatic heterocycles. The number of aromatic nitrogens is 10. The minimum atomic E-state index is -0.208. The van der Waals surface area contributed by atoms with E-state index in [2.05, 4.69) is 45.5 Å². The zero-order chi connectivity index (χ0) is 33.6. The second kappa shape index (κ2) is 15.3. The summed E-state index contributed by atoms with van der Waals surface area (Å²) in [5.74, 6) is 1.52. The summed E-state index contributed by atoms with van der Waals surface area (Å²) in [7, 11) is 1.91. The first kappa shape index (κ1) is 32.9. The predicted octanol–water partition coefficient (Wildman–Crippen LogP) is 4.36. The van der Waals surface area contributed by atoms with Crippen molar-refractivity contribution in [2.45, 2.75) is 63.8 Å². The van der Waals surface area contributed by atoms with Gasteiger partial charge in [-0.05, 0) is 66.8 Å². The highest BCUT2D eigenvalue weighted by molar-refractivity contribution is 6.32. The Morgan fingerprint density at radius 3 is 2.55 bits per heavy atom. The van der Waals surface area contributed by atoms with E-state index in [9.17, 15) is 0 Å². The van der Waals surface area contributed by atoms with Crippen LogP contribution in [-0.4, -0.2) is 99.7 Å². The first-order chi connectivity index (χ1) is 24.0. The van der Waals surface area contributed by atoms with Gasteiger partial charge in [-0.2, -0.15) is 5.10 Å². The van der Waals surface area contributed by atoms with E-state index in [-0.39, 0.29) is 6.10 Å². The maximum absolute atomic E-state index is 6.47. The Bertz CT molecular complexity index is 1780. The molecule has 2 fully saturated rings. The molecular formula is C33H41ClN12O3. The summed E-state index contributed by atoms with van der Waals surface area (Å²) in [5.41, 5.74) is 3.39. The van der Waals surface area contributed by atoms with Crippen LogP contribution in [0.5, 0.6) is 11.6 Å². The lowest BCUT2D eigenvalue weighted by Crippen LogP contribution is -2.45. The molecule has 258 valence electrons. The third-order valence-electron chi connectivity index (χ3n) is 8.99. The van der Waals surface area contributed by atoms with Crippen LogP contribution >= 0.6 is 11.6 Å². The molecule has 0 unspecified atom stereocenters. The summed E-state index contributed by atoms with van der Waals surface area (Å²) >= 11 is 6.47. The molecule has 7 rings (SSSR count). The van der Waals surface area contributed by atoms with E-state index in [0.717, 1.165) is 74.5 Å². The fourth-order valence-electron chi connectivity index (χ4n) is 6.45. The van der Waals surface area contributed by atoms with Gasteiger partial charge in [0.25, 0.3) is 5.88 Å². The number of anilines is 2. The van der Waals surface area contributed by atoms with Gasteiger partial charge < -0.3 is 19.5 Å². The smallest absolute Gasteiger partial charge is 0.256 e. The van der Waals surface area contributed by atoms with Crippen molar-refractivity contribution in [3.8, 4) is 22.8 Å². The van der Waals surface area contributed by atoms with E-state index in [1.807, 2.05) is 44.6 Å². The van der Waals surface area contributed by atoms with Gasteiger partial charge >= 0.3 is 0 Å². The number of rotatable bonds is 13. The fourth-order valence-corrected chi connectivity index (χ4v) is 6.61. The van der Waals surface area contributed by atoms with Crippen LogP contribution in [-0.2, 0) is 24.8 Å². The van der Waals surface area contributed by atoms with Gasteiger partial charge in [0.05, 0.1) is 49.3 Å². The number of hydrogen-bond donors (Lipinski definition) is 1. The average Bonchev–Trinajstić information content (AvgIpc) is 3.89. The van der Waals surface area contributed by atoms with E-state index >= 15 is 0 Å². The highest BCUT2D eigenvalue weighted by Gasteiger charge is 2.29. The summed E-state index contributed by atoms with van der Waals surface area (Å²) in [4.78, 5) is 11.8. The second-order valence-corrected chi connectivity index (χ2v) is 13.0. The molecular weight excluding hydrogens is 648 g/mol. The van der Waals surface area contributed by atoms with Crippen LogP contribution in [0.2, 0.25) is 5.02 Å². The molecule has 1 saturated heterocycles. The number of benzene rings is 1. The summed E-state index contributed by atoms with van der Waals surface area (Å²) in [6.07, 6.45) is 13.9. The van der Waals surface area contributed by atoms with Crippen molar-refractivity contribution >= 4 is 23.2 Å². The van der Waals surface area contributed by atoms with Gasteiger partial charge in [0, 0.05) is 56.8 Å². The Labute approximate surface area is 289 Å². The molecule has 5 heterocycles. The minimum absolute atomic E-state index is 0.208. The monoisotopic (exact) mass is 688 g/mol. The highest BCUT2D eigenvalue weighted by Crippen LogP contribution is 2.35. The molecule has 0 bridgehead atoms. The lowest BCUT2D eigenvalue weighted by atomic mass is 9.90. The van der Waals surface area contributed by atoms with Gasteiger partial charge in [-0.3, -0.25) is 14.3 Å². The van der Waals surface area contributed by atoms with Gasteiger partial charge in [-0.1, -0.05) is 17.7 Å². The van der Waals surface area contributed by atoms with E-state index < -0.39 is 0 Å². The first-order valence-electron chi connectivity index (χ1n) is 16.8. The fraction of sp³-hybridized carbons (Fsp3) is 0.485. The standard InChI is InChI=1S/C33H41ClN12O3/c1-23(20-45-22-37-41-42-45)49-31-17-24(3-8-29(31)34)25-18-35-33(36-19-25)38-30-21-46(40-32(30)48-14-10-26-9-11-43(2)39-26)28-6-4-27(5-7-28)44-12-15-47-16-13-44/h3,8-9,11,17-19,21-23,27-28H,4-7,10,12-16,20H2,1-2H3,(H,35,36,38)/t23-,27?,28?/m0/s1. The molecule has 5 aromatic rings. The molecule has 1 atom stereocenters. The third-order valence-corrected chi connectivity index (χ3v) is 9.31. The van der Waals surface area contributed by atoms with Gasteiger partial charge in [0.2, 0.25) is 5.95 Å². The quantitative estimate of drug-likeness (QED) is 0.187. The molecule has 0 spiro atoms. The van der Waals surface area contributed by atoms with Gasteiger partial charge in [-0.25, -0.2) is 14.6 Å². The average molecular weight is 689 g/mol. The number of aryl methyl sites for hydroxylation is 1. The van der Waals surface area contributed by atoms with Crippen LogP contribution < -0.4 is 14.8 Å². The van der Waals surface area contributed by atoms with Crippen molar-refractivity contribution in [1.82, 2.24) is 54.6 Å². The van der Waals surface area contributed by atoms with Crippen molar-refractivity contribution in [2.75, 3.05) is 38.2 Å². The normalized spacial score (nSPS) is 19.1. The third kappa shape index (κ3) is 8.35. The highest BCUT2D eigenvalue weighted by atomic mass is 35.5. The summed E-state index contributed by atoms with van der Waals surface area (Å²) in [5, 5.41) is 24.5. The van der Waals surface area contributed by atoms with Crippen LogP contribution in [0, 0.1) is 0 Å². The lowest BCUT2D eigenvalue weighted by molar-refractivity contribution is 0.00503. The molecule has 1 aliphatic heterocycles. The molecule has 49 heavy (non-hydrogen) atoms. The predicted molar refractivity (Wildman–Crippen MR) is 182 cm³/mol. The number of hydrogen-bond acceptors (Lipinski definition) is 12. The Morgan fingerprint density at radius 2 is 1.82 bits per heavy atom. The van der Waals surface area contributed by atoms with Crippen LogP contribution in [0.4, 0.5) is 11.6 Å². The second-order valence-electron chi connectivity index (χ2n) is 12.5. The zero-order valence-corrected chi connectivity index (χ0v) is 28.5. The Morgan fingerprint density at radius 1 is 1.02 bits per heavy atom. The Balaban J connectivity index is 1.03. The van der Waals surface area contributed by atoms with Crippen LogP contribution in [0.15, 0.2) is 55.4 Å². The van der Waals surface area contributed by atoms with E-state index in [1.165, 1.54) is 0 Å². The first-order valence-corrected chi connectivity index (χ1v) is 17.1. The number of nitrogens with zero attached hydrogens (tertiary/aromatic N) is 11. The molecule has 1 saturated carbocycles. The summed E-state index contributed by atoms with van der Waals surface area (Å²) in [6, 6.07) is 8.51. The topological polar surface area (TPSA) is 148 Å². The van der Waals surface area contributed by atoms with Crippen LogP contribution in [0.25, 0.3) is 11.1 Å². The van der Waals surface area contributed by atoms with Crippen LogP contribution in [0.3, 0.4) is 0 Å². The Hall–Kier alpha value is -4.60. The molecule has 0 amide bonds. The molecule has 1 N–H and O–H groups in total.